The van der Waals surface area contributed by atoms with Crippen LogP contribution in [0.25, 0.3) is 0 Å². The van der Waals surface area contributed by atoms with E-state index in [2.05, 4.69) is 29.3 Å². The Bertz CT molecular complexity index is 401. The summed E-state index contributed by atoms with van der Waals surface area (Å²) in [7, 11) is 0. The molecule has 0 spiro atoms. The molecule has 1 fully saturated rings. The van der Waals surface area contributed by atoms with Crippen molar-refractivity contribution in [3.63, 3.8) is 0 Å². The van der Waals surface area contributed by atoms with Crippen LogP contribution in [0.1, 0.15) is 25.3 Å². The summed E-state index contributed by atoms with van der Waals surface area (Å²) in [5.41, 5.74) is 8.10. The third kappa shape index (κ3) is 4.69. The molecule has 1 aliphatic heterocycles. The van der Waals surface area contributed by atoms with E-state index in [9.17, 15) is 0 Å². The first-order chi connectivity index (χ1) is 9.79. The standard InChI is InChI=1S/C16H27N3O/c1-2-12-20-16-5-4-14(13-15(16)17)6-10-19-9-3-7-18-8-11-19/h4-5,13,18H,2-3,6-12,17H2,1H3. The molecule has 0 aliphatic carbocycles. The molecule has 0 unspecified atom stereocenters. The average Bonchev–Trinajstić information content (AvgIpc) is 2.73. The molecule has 0 amide bonds. The van der Waals surface area contributed by atoms with Gasteiger partial charge in [0.1, 0.15) is 5.75 Å². The Kier molecular flexibility index (Phi) is 6.15. The second kappa shape index (κ2) is 8.12. The van der Waals surface area contributed by atoms with Gasteiger partial charge in [-0.05, 0) is 50.0 Å². The fourth-order valence-electron chi connectivity index (χ4n) is 2.51. The summed E-state index contributed by atoms with van der Waals surface area (Å²) in [6.07, 6.45) is 3.30. The largest absolute Gasteiger partial charge is 0.491 e. The van der Waals surface area contributed by atoms with E-state index in [1.54, 1.807) is 0 Å². The lowest BCUT2D eigenvalue weighted by Crippen LogP contribution is -2.30. The van der Waals surface area contributed by atoms with Crippen molar-refractivity contribution in [1.82, 2.24) is 10.2 Å². The summed E-state index contributed by atoms with van der Waals surface area (Å²) in [6, 6.07) is 6.20. The van der Waals surface area contributed by atoms with Crippen LogP contribution in [0.5, 0.6) is 5.75 Å². The lowest BCUT2D eigenvalue weighted by molar-refractivity contribution is 0.296. The number of ether oxygens (including phenoxy) is 1. The molecule has 3 N–H and O–H groups in total. The van der Waals surface area contributed by atoms with E-state index in [4.69, 9.17) is 10.5 Å². The van der Waals surface area contributed by atoms with E-state index >= 15 is 0 Å². The first kappa shape index (κ1) is 15.1. The number of nitrogens with two attached hydrogens (primary N) is 1. The van der Waals surface area contributed by atoms with Gasteiger partial charge in [0.25, 0.3) is 0 Å². The van der Waals surface area contributed by atoms with Gasteiger partial charge < -0.3 is 20.7 Å². The van der Waals surface area contributed by atoms with Gasteiger partial charge >= 0.3 is 0 Å². The lowest BCUT2D eigenvalue weighted by atomic mass is 10.1. The maximum absolute atomic E-state index is 6.05. The SMILES string of the molecule is CCCOc1ccc(CCN2CCCNCC2)cc1N. The quantitative estimate of drug-likeness (QED) is 0.780. The Morgan fingerprint density at radius 1 is 1.30 bits per heavy atom. The third-order valence-electron chi connectivity index (χ3n) is 3.69. The first-order valence-electron chi connectivity index (χ1n) is 7.74. The molecule has 4 heteroatoms. The molecule has 0 aromatic heterocycles. The molecule has 1 saturated heterocycles. The fourth-order valence-corrected chi connectivity index (χ4v) is 2.51. The zero-order valence-corrected chi connectivity index (χ0v) is 12.5. The van der Waals surface area contributed by atoms with Crippen molar-refractivity contribution < 1.29 is 4.74 Å². The van der Waals surface area contributed by atoms with Crippen molar-refractivity contribution in [1.29, 1.82) is 0 Å². The Morgan fingerprint density at radius 2 is 2.20 bits per heavy atom. The highest BCUT2D eigenvalue weighted by Crippen LogP contribution is 2.23. The minimum atomic E-state index is 0.727. The van der Waals surface area contributed by atoms with Crippen LogP contribution in [-0.2, 0) is 6.42 Å². The van der Waals surface area contributed by atoms with Crippen LogP contribution in [0.15, 0.2) is 18.2 Å². The van der Waals surface area contributed by atoms with Crippen LogP contribution in [0.2, 0.25) is 0 Å². The molecule has 4 nitrogen and oxygen atoms in total. The van der Waals surface area contributed by atoms with Crippen molar-refractivity contribution in [2.45, 2.75) is 26.2 Å². The summed E-state index contributed by atoms with van der Waals surface area (Å²) in [5, 5.41) is 3.43. The predicted octanol–water partition coefficient (Wildman–Crippen LogP) is 1.90. The third-order valence-corrected chi connectivity index (χ3v) is 3.69. The lowest BCUT2D eigenvalue weighted by Gasteiger charge is -2.19. The summed E-state index contributed by atoms with van der Waals surface area (Å²) < 4.78 is 5.61. The van der Waals surface area contributed by atoms with E-state index in [0.717, 1.165) is 57.1 Å². The number of rotatable bonds is 6. The van der Waals surface area contributed by atoms with Gasteiger partial charge in [-0.1, -0.05) is 13.0 Å². The molecule has 2 rings (SSSR count). The summed E-state index contributed by atoms with van der Waals surface area (Å²) in [5.74, 6) is 0.814. The number of nitrogen functional groups attached to an aromatic ring is 1. The summed E-state index contributed by atoms with van der Waals surface area (Å²) in [6.45, 7) is 8.52. The number of hydrogen-bond acceptors (Lipinski definition) is 4. The van der Waals surface area contributed by atoms with Crippen LogP contribution in [0.4, 0.5) is 5.69 Å². The molecule has 1 aromatic rings. The van der Waals surface area contributed by atoms with E-state index in [-0.39, 0.29) is 0 Å². The van der Waals surface area contributed by atoms with Gasteiger partial charge in [0.05, 0.1) is 12.3 Å². The predicted molar refractivity (Wildman–Crippen MR) is 84.3 cm³/mol. The molecule has 0 bridgehead atoms. The second-order valence-corrected chi connectivity index (χ2v) is 5.42. The monoisotopic (exact) mass is 277 g/mol. The highest BCUT2D eigenvalue weighted by molar-refractivity contribution is 5.54. The number of anilines is 1. The van der Waals surface area contributed by atoms with Crippen molar-refractivity contribution in [2.24, 2.45) is 0 Å². The van der Waals surface area contributed by atoms with Gasteiger partial charge in [-0.2, -0.15) is 0 Å². The number of nitrogens with one attached hydrogen (secondary N) is 1. The molecular weight excluding hydrogens is 250 g/mol. The topological polar surface area (TPSA) is 50.5 Å². The molecule has 0 radical (unpaired) electrons. The molecular formula is C16H27N3O. The molecule has 1 aliphatic rings. The second-order valence-electron chi connectivity index (χ2n) is 5.42. The summed E-state index contributed by atoms with van der Waals surface area (Å²) in [4.78, 5) is 2.53. The van der Waals surface area contributed by atoms with Crippen molar-refractivity contribution in [3.05, 3.63) is 23.8 Å². The van der Waals surface area contributed by atoms with Gasteiger partial charge in [-0.25, -0.2) is 0 Å². The van der Waals surface area contributed by atoms with Crippen LogP contribution in [0, 0.1) is 0 Å². The van der Waals surface area contributed by atoms with Crippen LogP contribution < -0.4 is 15.8 Å². The van der Waals surface area contributed by atoms with E-state index in [1.807, 2.05) is 6.07 Å². The Hall–Kier alpha value is -1.26. The molecule has 1 aromatic carbocycles. The average molecular weight is 277 g/mol. The molecule has 112 valence electrons. The van der Waals surface area contributed by atoms with Gasteiger partial charge in [0.15, 0.2) is 0 Å². The molecule has 0 saturated carbocycles. The summed E-state index contributed by atoms with van der Waals surface area (Å²) >= 11 is 0. The van der Waals surface area contributed by atoms with Crippen molar-refractivity contribution in [3.8, 4) is 5.75 Å². The highest BCUT2D eigenvalue weighted by Gasteiger charge is 2.09. The Morgan fingerprint density at radius 3 is 3.00 bits per heavy atom. The minimum absolute atomic E-state index is 0.727. The first-order valence-corrected chi connectivity index (χ1v) is 7.74. The van der Waals surface area contributed by atoms with Gasteiger partial charge in [0.2, 0.25) is 0 Å². The van der Waals surface area contributed by atoms with Crippen LogP contribution in [-0.4, -0.2) is 44.2 Å². The molecule has 20 heavy (non-hydrogen) atoms. The molecule has 0 atom stereocenters. The molecule has 1 heterocycles. The minimum Gasteiger partial charge on any atom is -0.491 e. The van der Waals surface area contributed by atoms with E-state index < -0.39 is 0 Å². The van der Waals surface area contributed by atoms with Crippen LogP contribution >= 0.6 is 0 Å². The number of nitrogens with zero attached hydrogens (tertiary/aromatic N) is 1. The normalized spacial score (nSPS) is 16.9. The Balaban J connectivity index is 1.84. The maximum atomic E-state index is 6.05. The highest BCUT2D eigenvalue weighted by atomic mass is 16.5. The fraction of sp³-hybridized carbons (Fsp3) is 0.625. The smallest absolute Gasteiger partial charge is 0.142 e. The van der Waals surface area contributed by atoms with E-state index in [0.29, 0.717) is 0 Å². The maximum Gasteiger partial charge on any atom is 0.142 e. The van der Waals surface area contributed by atoms with Gasteiger partial charge in [-0.3, -0.25) is 0 Å². The van der Waals surface area contributed by atoms with Crippen LogP contribution in [0.3, 0.4) is 0 Å². The van der Waals surface area contributed by atoms with Crippen molar-refractivity contribution in [2.75, 3.05) is 45.1 Å². The number of hydrogen-bond donors (Lipinski definition) is 2. The number of benzene rings is 1. The zero-order chi connectivity index (χ0) is 14.2. The van der Waals surface area contributed by atoms with Crippen molar-refractivity contribution >= 4 is 5.69 Å². The van der Waals surface area contributed by atoms with E-state index in [1.165, 1.54) is 18.5 Å². The Labute approximate surface area is 122 Å². The van der Waals surface area contributed by atoms with Gasteiger partial charge in [0, 0.05) is 19.6 Å². The zero-order valence-electron chi connectivity index (χ0n) is 12.5. The van der Waals surface area contributed by atoms with Gasteiger partial charge in [-0.15, -0.1) is 0 Å².